The van der Waals surface area contributed by atoms with Crippen molar-refractivity contribution in [1.82, 2.24) is 0 Å². The fourth-order valence-corrected chi connectivity index (χ4v) is 3.94. The number of fused-ring (bicyclic) bond motifs is 1. The summed E-state index contributed by atoms with van der Waals surface area (Å²) in [5.74, 6) is -0.0132. The van der Waals surface area contributed by atoms with Gasteiger partial charge < -0.3 is 11.1 Å². The summed E-state index contributed by atoms with van der Waals surface area (Å²) >= 11 is 0. The fourth-order valence-electron chi connectivity index (χ4n) is 2.82. The lowest BCUT2D eigenvalue weighted by atomic mass is 9.83. The van der Waals surface area contributed by atoms with Crippen LogP contribution in [0.3, 0.4) is 0 Å². The maximum Gasteiger partial charge on any atom is 0.219 e. The normalized spacial score (nSPS) is 22.8. The van der Waals surface area contributed by atoms with Gasteiger partial charge in [-0.15, -0.1) is 8.20 Å². The highest BCUT2D eigenvalue weighted by molar-refractivity contribution is 7.40. The van der Waals surface area contributed by atoms with E-state index in [1.807, 2.05) is 12.1 Å². The molecule has 4 nitrogen and oxygen atoms in total. The van der Waals surface area contributed by atoms with E-state index in [1.54, 1.807) is 6.07 Å². The van der Waals surface area contributed by atoms with Crippen LogP contribution in [0.1, 0.15) is 30.9 Å². The first kappa shape index (κ1) is 14.6. The highest BCUT2D eigenvalue weighted by Gasteiger charge is 2.32. The first-order chi connectivity index (χ1) is 9.60. The minimum Gasteiger partial charge on any atom is -0.381 e. The molecule has 20 heavy (non-hydrogen) atoms. The molecule has 2 rings (SSSR count). The van der Waals surface area contributed by atoms with Gasteiger partial charge >= 0.3 is 0 Å². The number of nitrogens with zero attached hydrogens (tertiary/aromatic N) is 1. The number of amides is 1. The summed E-state index contributed by atoms with van der Waals surface area (Å²) in [7, 11) is 1.17. The number of anilines is 1. The Morgan fingerprint density at radius 1 is 1.55 bits per heavy atom. The molecule has 0 saturated heterocycles. The van der Waals surface area contributed by atoms with Crippen molar-refractivity contribution in [3.63, 3.8) is 0 Å². The van der Waals surface area contributed by atoms with Gasteiger partial charge in [-0.3, -0.25) is 4.79 Å². The zero-order valence-electron chi connectivity index (χ0n) is 11.7. The second kappa shape index (κ2) is 6.07. The Morgan fingerprint density at radius 3 is 2.85 bits per heavy atom. The monoisotopic (exact) mass is 287 g/mol. The van der Waals surface area contributed by atoms with Crippen LogP contribution in [-0.2, 0) is 4.79 Å². The van der Waals surface area contributed by atoms with E-state index >= 15 is 0 Å². The van der Waals surface area contributed by atoms with Crippen molar-refractivity contribution in [3.05, 3.63) is 29.3 Å². The third kappa shape index (κ3) is 2.69. The minimum atomic E-state index is -0.287. The molecule has 1 aliphatic rings. The highest BCUT2D eigenvalue weighted by atomic mass is 31.1. The van der Waals surface area contributed by atoms with E-state index < -0.39 is 0 Å². The molecule has 1 heterocycles. The standard InChI is InChI=1S/C15H18N3OP/c1-3-10-13(7-14(17)19)18-12-5-4-9(8-16)6-11(12)15(10)20-2/h4-6,10,13,18H,3,7H2,1-2H3,(H2,17,19). The molecule has 2 atom stereocenters. The second-order valence-electron chi connectivity index (χ2n) is 4.92. The molecule has 0 aliphatic carbocycles. The van der Waals surface area contributed by atoms with Gasteiger partial charge in [0, 0.05) is 29.6 Å². The number of rotatable bonds is 3. The number of hydrogen-bond acceptors (Lipinski definition) is 3. The third-order valence-electron chi connectivity index (χ3n) is 3.70. The predicted octanol–water partition coefficient (Wildman–Crippen LogP) is 2.35. The first-order valence-corrected chi connectivity index (χ1v) is 8.00. The van der Waals surface area contributed by atoms with Gasteiger partial charge in [-0.05, 0) is 36.6 Å². The van der Waals surface area contributed by atoms with Gasteiger partial charge in [0.15, 0.2) is 0 Å². The Labute approximate surface area is 120 Å². The van der Waals surface area contributed by atoms with Crippen molar-refractivity contribution in [2.24, 2.45) is 11.7 Å². The SMILES string of the molecule is CCC1C(=PC)c2cc(C#N)ccc2NC1CC(N)=O. The van der Waals surface area contributed by atoms with E-state index in [0.717, 1.165) is 17.7 Å². The number of carbonyl (C=O) groups excluding carboxylic acids is 1. The summed E-state index contributed by atoms with van der Waals surface area (Å²) in [5.41, 5.74) is 8.11. The van der Waals surface area contributed by atoms with E-state index in [9.17, 15) is 4.79 Å². The average molecular weight is 287 g/mol. The topological polar surface area (TPSA) is 78.9 Å². The summed E-state index contributed by atoms with van der Waals surface area (Å²) < 4.78 is 0. The van der Waals surface area contributed by atoms with Crippen LogP contribution < -0.4 is 11.1 Å². The molecule has 2 unspecified atom stereocenters. The summed E-state index contributed by atoms with van der Waals surface area (Å²) in [4.78, 5) is 11.3. The zero-order chi connectivity index (χ0) is 14.7. The van der Waals surface area contributed by atoms with Crippen molar-refractivity contribution >= 4 is 25.1 Å². The van der Waals surface area contributed by atoms with Gasteiger partial charge in [0.1, 0.15) is 0 Å². The zero-order valence-corrected chi connectivity index (χ0v) is 12.6. The minimum absolute atomic E-state index is 0.0420. The Hall–Kier alpha value is -1.85. The van der Waals surface area contributed by atoms with Gasteiger partial charge in [-0.1, -0.05) is 6.92 Å². The highest BCUT2D eigenvalue weighted by Crippen LogP contribution is 2.34. The maximum absolute atomic E-state index is 11.3. The summed E-state index contributed by atoms with van der Waals surface area (Å²) in [6.45, 7) is 4.21. The van der Waals surface area contributed by atoms with Crippen molar-refractivity contribution in [2.75, 3.05) is 12.0 Å². The molecule has 5 heteroatoms. The number of nitrogens with one attached hydrogen (secondary N) is 1. The maximum atomic E-state index is 11.3. The van der Waals surface area contributed by atoms with Crippen LogP contribution in [0.25, 0.3) is 0 Å². The third-order valence-corrected chi connectivity index (χ3v) is 4.76. The van der Waals surface area contributed by atoms with Crippen LogP contribution in [-0.4, -0.2) is 23.9 Å². The Bertz CT molecular complexity index is 604. The smallest absolute Gasteiger partial charge is 0.219 e. The lowest BCUT2D eigenvalue weighted by Crippen LogP contribution is -2.41. The number of nitriles is 1. The molecule has 0 saturated carbocycles. The summed E-state index contributed by atoms with van der Waals surface area (Å²) in [5, 5.41) is 13.7. The molecule has 1 aliphatic heterocycles. The molecule has 104 valence electrons. The van der Waals surface area contributed by atoms with Crippen molar-refractivity contribution in [1.29, 1.82) is 5.26 Å². The fraction of sp³-hybridized carbons (Fsp3) is 0.400. The summed E-state index contributed by atoms with van der Waals surface area (Å²) in [6, 6.07) is 7.86. The van der Waals surface area contributed by atoms with E-state index in [1.165, 1.54) is 13.5 Å². The van der Waals surface area contributed by atoms with Crippen molar-refractivity contribution in [2.45, 2.75) is 25.8 Å². The molecular weight excluding hydrogens is 269 g/mol. The molecule has 0 fully saturated rings. The van der Waals surface area contributed by atoms with Crippen LogP contribution in [0.2, 0.25) is 0 Å². The van der Waals surface area contributed by atoms with E-state index in [0.29, 0.717) is 12.0 Å². The molecule has 1 aromatic rings. The van der Waals surface area contributed by atoms with Gasteiger partial charge in [0.2, 0.25) is 5.91 Å². The van der Waals surface area contributed by atoms with E-state index in [-0.39, 0.29) is 17.9 Å². The lowest BCUT2D eigenvalue weighted by molar-refractivity contribution is -0.118. The number of carbonyl (C=O) groups is 1. The van der Waals surface area contributed by atoms with E-state index in [4.69, 9.17) is 11.0 Å². The first-order valence-electron chi connectivity index (χ1n) is 6.66. The van der Waals surface area contributed by atoms with Gasteiger partial charge in [-0.25, -0.2) is 0 Å². The van der Waals surface area contributed by atoms with Gasteiger partial charge in [-0.2, -0.15) is 5.26 Å². The Balaban J connectivity index is 2.48. The van der Waals surface area contributed by atoms with Gasteiger partial charge in [0.05, 0.1) is 11.6 Å². The number of nitrogens with two attached hydrogens (primary N) is 1. The largest absolute Gasteiger partial charge is 0.381 e. The Morgan fingerprint density at radius 2 is 2.30 bits per heavy atom. The van der Waals surface area contributed by atoms with Crippen LogP contribution in [0.4, 0.5) is 5.69 Å². The van der Waals surface area contributed by atoms with Crippen molar-refractivity contribution in [3.8, 4) is 6.07 Å². The molecule has 0 bridgehead atoms. The predicted molar refractivity (Wildman–Crippen MR) is 83.1 cm³/mol. The number of primary amides is 1. The van der Waals surface area contributed by atoms with E-state index in [2.05, 4.69) is 25.0 Å². The molecular formula is C15H18N3OP. The van der Waals surface area contributed by atoms with Crippen molar-refractivity contribution < 1.29 is 4.79 Å². The van der Waals surface area contributed by atoms with Gasteiger partial charge in [0.25, 0.3) is 0 Å². The molecule has 0 aromatic heterocycles. The number of benzene rings is 1. The van der Waals surface area contributed by atoms with Crippen LogP contribution in [0, 0.1) is 17.2 Å². The molecule has 0 spiro atoms. The molecule has 3 N–H and O–H groups in total. The quantitative estimate of drug-likeness (QED) is 0.837. The molecule has 1 amide bonds. The lowest BCUT2D eigenvalue weighted by Gasteiger charge is -2.35. The van der Waals surface area contributed by atoms with Crippen LogP contribution in [0.15, 0.2) is 18.2 Å². The van der Waals surface area contributed by atoms with Crippen LogP contribution in [0.5, 0.6) is 0 Å². The summed E-state index contributed by atoms with van der Waals surface area (Å²) in [6.07, 6.45) is 1.27. The Kier molecular flexibility index (Phi) is 4.42. The molecule has 0 radical (unpaired) electrons. The average Bonchev–Trinajstić information content (AvgIpc) is 2.44. The van der Waals surface area contributed by atoms with Crippen LogP contribution >= 0.6 is 8.20 Å². The molecule has 1 aromatic carbocycles. The number of hydrogen-bond donors (Lipinski definition) is 2. The second-order valence-corrected chi connectivity index (χ2v) is 5.85.